The van der Waals surface area contributed by atoms with Crippen LogP contribution in [0.5, 0.6) is 0 Å². The Morgan fingerprint density at radius 3 is 2.23 bits per heavy atom. The molecule has 1 amide bonds. The van der Waals surface area contributed by atoms with Gasteiger partial charge in [0.15, 0.2) is 0 Å². The standard InChI is InChI=1S/C20H30BNO4/c1-17(2,3)20(24-16(22)23)11-10-13-12-14(8-9-15(13)20)21-25-18(4,5)19(6,7)26-21/h8-9,12H,10-11H2,1-7H3,(H2,22,23). The fourth-order valence-corrected chi connectivity index (χ4v) is 4.00. The Kier molecular flexibility index (Phi) is 4.24. The number of fused-ring (bicyclic) bond motifs is 1. The van der Waals surface area contributed by atoms with Crippen LogP contribution >= 0.6 is 0 Å². The predicted octanol–water partition coefficient (Wildman–Crippen LogP) is 3.27. The molecule has 0 aromatic heterocycles. The molecule has 1 aliphatic carbocycles. The third kappa shape index (κ3) is 2.83. The fourth-order valence-electron chi connectivity index (χ4n) is 4.00. The molecule has 0 spiro atoms. The highest BCUT2D eigenvalue weighted by Crippen LogP contribution is 2.51. The van der Waals surface area contributed by atoms with Crippen LogP contribution in [0.2, 0.25) is 0 Å². The summed E-state index contributed by atoms with van der Waals surface area (Å²) in [5.41, 5.74) is 6.86. The number of hydrogen-bond donors (Lipinski definition) is 1. The SMILES string of the molecule is CC(C)(C)C1(OC(N)=O)CCc2cc(B3OC(C)(C)C(C)(C)O3)ccc21. The van der Waals surface area contributed by atoms with Crippen molar-refractivity contribution in [2.24, 2.45) is 11.1 Å². The highest BCUT2D eigenvalue weighted by atomic mass is 16.7. The lowest BCUT2D eigenvalue weighted by atomic mass is 9.71. The number of nitrogens with two attached hydrogens (primary N) is 1. The Labute approximate surface area is 156 Å². The second-order valence-corrected chi connectivity index (χ2v) is 9.50. The number of carbonyl (C=O) groups is 1. The van der Waals surface area contributed by atoms with Gasteiger partial charge in [0.1, 0.15) is 5.60 Å². The van der Waals surface area contributed by atoms with E-state index in [9.17, 15) is 4.79 Å². The first-order valence-corrected chi connectivity index (χ1v) is 9.26. The molecule has 2 N–H and O–H groups in total. The minimum Gasteiger partial charge on any atom is -0.438 e. The zero-order valence-corrected chi connectivity index (χ0v) is 16.9. The monoisotopic (exact) mass is 359 g/mol. The second kappa shape index (κ2) is 5.73. The quantitative estimate of drug-likeness (QED) is 0.823. The minimum atomic E-state index is -0.734. The first-order chi connectivity index (χ1) is 11.8. The van der Waals surface area contributed by atoms with E-state index in [-0.39, 0.29) is 16.6 Å². The number of benzene rings is 1. The molecule has 6 heteroatoms. The third-order valence-electron chi connectivity index (χ3n) is 6.32. The van der Waals surface area contributed by atoms with Crippen molar-refractivity contribution < 1.29 is 18.8 Å². The van der Waals surface area contributed by atoms with E-state index in [1.54, 1.807) is 0 Å². The Morgan fingerprint density at radius 2 is 1.73 bits per heavy atom. The third-order valence-corrected chi connectivity index (χ3v) is 6.32. The largest absolute Gasteiger partial charge is 0.494 e. The molecule has 5 nitrogen and oxygen atoms in total. The highest BCUT2D eigenvalue weighted by Gasteiger charge is 2.53. The van der Waals surface area contributed by atoms with Gasteiger partial charge in [0, 0.05) is 5.41 Å². The van der Waals surface area contributed by atoms with E-state index in [4.69, 9.17) is 19.8 Å². The molecule has 142 valence electrons. The zero-order chi connectivity index (χ0) is 19.5. The van der Waals surface area contributed by atoms with Crippen molar-refractivity contribution in [3.8, 4) is 0 Å². The summed E-state index contributed by atoms with van der Waals surface area (Å²) in [7, 11) is -0.396. The van der Waals surface area contributed by atoms with Gasteiger partial charge in [-0.15, -0.1) is 0 Å². The Bertz CT molecular complexity index is 722. The lowest BCUT2D eigenvalue weighted by Crippen LogP contribution is -2.44. The van der Waals surface area contributed by atoms with Crippen LogP contribution in [-0.2, 0) is 26.1 Å². The van der Waals surface area contributed by atoms with Gasteiger partial charge in [-0.05, 0) is 57.1 Å². The first-order valence-electron chi connectivity index (χ1n) is 9.26. The molecule has 0 bridgehead atoms. The zero-order valence-electron chi connectivity index (χ0n) is 16.9. The van der Waals surface area contributed by atoms with Crippen molar-refractivity contribution in [3.05, 3.63) is 29.3 Å². The molecule has 1 unspecified atom stereocenters. The van der Waals surface area contributed by atoms with Crippen LogP contribution in [-0.4, -0.2) is 24.4 Å². The summed E-state index contributed by atoms with van der Waals surface area (Å²) in [6.45, 7) is 14.4. The Balaban J connectivity index is 1.98. The van der Waals surface area contributed by atoms with Crippen LogP contribution in [0.1, 0.15) is 66.0 Å². The fraction of sp³-hybridized carbons (Fsp3) is 0.650. The van der Waals surface area contributed by atoms with Crippen molar-refractivity contribution in [1.29, 1.82) is 0 Å². The highest BCUT2D eigenvalue weighted by molar-refractivity contribution is 6.62. The molecule has 1 heterocycles. The lowest BCUT2D eigenvalue weighted by Gasteiger charge is -2.41. The molecule has 1 aromatic rings. The molecule has 1 saturated heterocycles. The van der Waals surface area contributed by atoms with Gasteiger partial charge in [-0.1, -0.05) is 39.0 Å². The Morgan fingerprint density at radius 1 is 1.15 bits per heavy atom. The van der Waals surface area contributed by atoms with E-state index in [0.717, 1.165) is 29.4 Å². The number of hydrogen-bond acceptors (Lipinski definition) is 4. The number of amides is 1. The molecule has 26 heavy (non-hydrogen) atoms. The van der Waals surface area contributed by atoms with Crippen LogP contribution in [0, 0.1) is 5.41 Å². The maximum Gasteiger partial charge on any atom is 0.494 e. The number of ether oxygens (including phenoxy) is 1. The van der Waals surface area contributed by atoms with E-state index < -0.39 is 18.8 Å². The molecular weight excluding hydrogens is 329 g/mol. The summed E-state index contributed by atoms with van der Waals surface area (Å²) >= 11 is 0. The molecule has 0 radical (unpaired) electrons. The molecule has 1 fully saturated rings. The molecule has 1 aliphatic heterocycles. The van der Waals surface area contributed by atoms with E-state index in [1.165, 1.54) is 0 Å². The number of rotatable bonds is 2. The van der Waals surface area contributed by atoms with Crippen molar-refractivity contribution in [3.63, 3.8) is 0 Å². The van der Waals surface area contributed by atoms with Gasteiger partial charge in [-0.2, -0.15) is 0 Å². The van der Waals surface area contributed by atoms with Gasteiger partial charge < -0.3 is 19.8 Å². The molecular formula is C20H30BNO4. The summed E-state index contributed by atoms with van der Waals surface area (Å²) < 4.78 is 18.0. The second-order valence-electron chi connectivity index (χ2n) is 9.50. The van der Waals surface area contributed by atoms with Crippen molar-refractivity contribution >= 4 is 18.7 Å². The van der Waals surface area contributed by atoms with Crippen molar-refractivity contribution in [1.82, 2.24) is 0 Å². The topological polar surface area (TPSA) is 70.8 Å². The molecule has 3 rings (SSSR count). The maximum atomic E-state index is 11.6. The van der Waals surface area contributed by atoms with Gasteiger partial charge in [0.05, 0.1) is 11.2 Å². The summed E-state index contributed by atoms with van der Waals surface area (Å²) in [5, 5.41) is 0. The van der Waals surface area contributed by atoms with Gasteiger partial charge in [0.2, 0.25) is 0 Å². The van der Waals surface area contributed by atoms with Crippen molar-refractivity contribution in [2.45, 2.75) is 78.1 Å². The van der Waals surface area contributed by atoms with Crippen LogP contribution in [0.3, 0.4) is 0 Å². The minimum absolute atomic E-state index is 0.265. The average molecular weight is 359 g/mol. The summed E-state index contributed by atoms with van der Waals surface area (Å²) in [6, 6.07) is 6.17. The number of aryl methyl sites for hydroxylation is 1. The van der Waals surface area contributed by atoms with Gasteiger partial charge >= 0.3 is 13.2 Å². The van der Waals surface area contributed by atoms with Crippen LogP contribution in [0.25, 0.3) is 0 Å². The molecule has 1 aromatic carbocycles. The van der Waals surface area contributed by atoms with Crippen LogP contribution in [0.4, 0.5) is 4.79 Å². The maximum absolute atomic E-state index is 11.6. The smallest absolute Gasteiger partial charge is 0.438 e. The van der Waals surface area contributed by atoms with Crippen molar-refractivity contribution in [2.75, 3.05) is 0 Å². The molecule has 1 atom stereocenters. The van der Waals surface area contributed by atoms with Gasteiger partial charge in [0.25, 0.3) is 0 Å². The van der Waals surface area contributed by atoms with Crippen LogP contribution < -0.4 is 11.2 Å². The van der Waals surface area contributed by atoms with Crippen LogP contribution in [0.15, 0.2) is 18.2 Å². The average Bonchev–Trinajstić information content (AvgIpc) is 2.94. The normalized spacial score (nSPS) is 26.7. The summed E-state index contributed by atoms with van der Waals surface area (Å²) in [5.74, 6) is 0. The van der Waals surface area contributed by atoms with Gasteiger partial charge in [-0.25, -0.2) is 4.79 Å². The van der Waals surface area contributed by atoms with E-state index in [0.29, 0.717) is 0 Å². The molecule has 0 saturated carbocycles. The van der Waals surface area contributed by atoms with E-state index >= 15 is 0 Å². The van der Waals surface area contributed by atoms with E-state index in [2.05, 4.69) is 26.8 Å². The first kappa shape index (κ1) is 19.2. The Hall–Kier alpha value is -1.53. The summed E-state index contributed by atoms with van der Waals surface area (Å²) in [4.78, 5) is 11.6. The lowest BCUT2D eigenvalue weighted by molar-refractivity contribution is -0.0694. The van der Waals surface area contributed by atoms with Gasteiger partial charge in [-0.3, -0.25) is 0 Å². The van der Waals surface area contributed by atoms with E-state index in [1.807, 2.05) is 39.8 Å². The number of carbonyl (C=O) groups excluding carboxylic acids is 1. The number of primary amides is 1. The molecule has 2 aliphatic rings. The predicted molar refractivity (Wildman–Crippen MR) is 102 cm³/mol. The summed E-state index contributed by atoms with van der Waals surface area (Å²) in [6.07, 6.45) is 0.817.